The monoisotopic (exact) mass is 421 g/mol. The van der Waals surface area contributed by atoms with Crippen LogP contribution < -0.4 is 5.32 Å². The average Bonchev–Trinajstić information content (AvgIpc) is 3.05. The van der Waals surface area contributed by atoms with Gasteiger partial charge < -0.3 is 9.73 Å². The number of carbonyl (C=O) groups is 1. The van der Waals surface area contributed by atoms with Crippen LogP contribution in [0.1, 0.15) is 27.2 Å². The number of para-hydroxylation sites is 1. The van der Waals surface area contributed by atoms with Crippen molar-refractivity contribution in [3.63, 3.8) is 0 Å². The highest BCUT2D eigenvalue weighted by atomic mass is 35.5. The highest BCUT2D eigenvalue weighted by molar-refractivity contribution is 7.98. The van der Waals surface area contributed by atoms with Crippen LogP contribution in [-0.2, 0) is 5.75 Å². The second-order valence-electron chi connectivity index (χ2n) is 6.98. The van der Waals surface area contributed by atoms with Crippen LogP contribution in [0.4, 0.5) is 5.69 Å². The van der Waals surface area contributed by atoms with Crippen LogP contribution in [0, 0.1) is 13.8 Å². The third-order valence-electron chi connectivity index (χ3n) is 4.58. The molecule has 0 aliphatic carbocycles. The van der Waals surface area contributed by atoms with Crippen molar-refractivity contribution in [3.8, 4) is 0 Å². The van der Waals surface area contributed by atoms with Gasteiger partial charge in [0.2, 0.25) is 0 Å². The molecule has 1 amide bonds. The second kappa shape index (κ2) is 8.36. The van der Waals surface area contributed by atoms with Crippen molar-refractivity contribution in [1.29, 1.82) is 0 Å². The van der Waals surface area contributed by atoms with E-state index in [4.69, 9.17) is 16.0 Å². The zero-order chi connectivity index (χ0) is 20.4. The summed E-state index contributed by atoms with van der Waals surface area (Å²) in [4.78, 5) is 14.1. The molecule has 0 atom stereocenters. The van der Waals surface area contributed by atoms with Crippen molar-refractivity contribution in [2.45, 2.75) is 24.5 Å². The molecule has 3 nitrogen and oxygen atoms in total. The number of furan rings is 1. The standard InChI is InChI=1S/C24H20ClNO2S/c1-15-11-16(2)13-18(12-15)26-24(27)23-21(20-5-3-4-6-22(20)28-23)14-29-19-9-7-17(25)8-10-19/h3-13H,14H2,1-2H3,(H,26,27). The fraction of sp³-hybridized carbons (Fsp3) is 0.125. The molecule has 0 unspecified atom stereocenters. The molecular weight excluding hydrogens is 402 g/mol. The predicted octanol–water partition coefficient (Wildman–Crippen LogP) is 7.25. The Bertz CT molecular complexity index is 1160. The summed E-state index contributed by atoms with van der Waals surface area (Å²) in [5, 5.41) is 4.65. The van der Waals surface area contributed by atoms with Crippen molar-refractivity contribution in [3.05, 3.63) is 94.2 Å². The summed E-state index contributed by atoms with van der Waals surface area (Å²) in [7, 11) is 0. The number of amides is 1. The van der Waals surface area contributed by atoms with E-state index in [1.54, 1.807) is 11.8 Å². The summed E-state index contributed by atoms with van der Waals surface area (Å²) < 4.78 is 5.95. The lowest BCUT2D eigenvalue weighted by Crippen LogP contribution is -2.13. The lowest BCUT2D eigenvalue weighted by atomic mass is 10.1. The zero-order valence-electron chi connectivity index (χ0n) is 16.2. The Balaban J connectivity index is 1.65. The minimum Gasteiger partial charge on any atom is -0.451 e. The minimum atomic E-state index is -0.238. The number of rotatable bonds is 5. The minimum absolute atomic E-state index is 0.238. The zero-order valence-corrected chi connectivity index (χ0v) is 17.7. The van der Waals surface area contributed by atoms with E-state index in [2.05, 4.69) is 11.4 Å². The molecule has 1 aromatic heterocycles. The molecule has 0 aliphatic rings. The van der Waals surface area contributed by atoms with E-state index < -0.39 is 0 Å². The number of halogens is 1. The number of hydrogen-bond acceptors (Lipinski definition) is 3. The van der Waals surface area contributed by atoms with E-state index in [1.807, 2.05) is 74.5 Å². The van der Waals surface area contributed by atoms with Gasteiger partial charge in [0.1, 0.15) is 5.58 Å². The molecule has 0 aliphatic heterocycles. The topological polar surface area (TPSA) is 42.2 Å². The van der Waals surface area contributed by atoms with E-state index >= 15 is 0 Å². The van der Waals surface area contributed by atoms with Gasteiger partial charge in [-0.3, -0.25) is 4.79 Å². The summed E-state index contributed by atoms with van der Waals surface area (Å²) in [5.41, 5.74) is 4.57. The molecular formula is C24H20ClNO2S. The molecule has 4 aromatic rings. The molecule has 146 valence electrons. The van der Waals surface area contributed by atoms with E-state index in [0.29, 0.717) is 22.1 Å². The van der Waals surface area contributed by atoms with Gasteiger partial charge in [-0.15, -0.1) is 11.8 Å². The molecule has 0 bridgehead atoms. The molecule has 0 fully saturated rings. The lowest BCUT2D eigenvalue weighted by Gasteiger charge is -2.08. The predicted molar refractivity (Wildman–Crippen MR) is 121 cm³/mol. The molecule has 1 heterocycles. The van der Waals surface area contributed by atoms with Crippen molar-refractivity contribution in [1.82, 2.24) is 0 Å². The van der Waals surface area contributed by atoms with Crippen LogP contribution in [0.3, 0.4) is 0 Å². The maximum Gasteiger partial charge on any atom is 0.291 e. The Morgan fingerprint density at radius 3 is 2.41 bits per heavy atom. The second-order valence-corrected chi connectivity index (χ2v) is 8.46. The van der Waals surface area contributed by atoms with Crippen molar-refractivity contribution >= 4 is 45.9 Å². The maximum absolute atomic E-state index is 13.1. The Kier molecular flexibility index (Phi) is 5.65. The van der Waals surface area contributed by atoms with E-state index in [9.17, 15) is 4.79 Å². The summed E-state index contributed by atoms with van der Waals surface area (Å²) in [6, 6.07) is 21.4. The number of thioether (sulfide) groups is 1. The van der Waals surface area contributed by atoms with Crippen LogP contribution in [0.5, 0.6) is 0 Å². The molecule has 0 saturated carbocycles. The van der Waals surface area contributed by atoms with Gasteiger partial charge in [0.15, 0.2) is 5.76 Å². The highest BCUT2D eigenvalue weighted by Crippen LogP contribution is 2.33. The number of hydrogen-bond donors (Lipinski definition) is 1. The molecule has 0 spiro atoms. The average molecular weight is 422 g/mol. The van der Waals surface area contributed by atoms with E-state index in [0.717, 1.165) is 32.7 Å². The quantitative estimate of drug-likeness (QED) is 0.345. The number of anilines is 1. The van der Waals surface area contributed by atoms with Gasteiger partial charge in [-0.2, -0.15) is 0 Å². The Labute approximate surface area is 179 Å². The molecule has 29 heavy (non-hydrogen) atoms. The van der Waals surface area contributed by atoms with Gasteiger partial charge in [0.05, 0.1) is 0 Å². The third kappa shape index (κ3) is 4.50. The first-order valence-electron chi connectivity index (χ1n) is 9.28. The van der Waals surface area contributed by atoms with Crippen molar-refractivity contribution in [2.75, 3.05) is 5.32 Å². The SMILES string of the molecule is Cc1cc(C)cc(NC(=O)c2oc3ccccc3c2CSc2ccc(Cl)cc2)c1. The normalized spacial score (nSPS) is 11.0. The maximum atomic E-state index is 13.1. The van der Waals surface area contributed by atoms with E-state index in [-0.39, 0.29) is 5.91 Å². The van der Waals surface area contributed by atoms with Crippen LogP contribution in [-0.4, -0.2) is 5.91 Å². The van der Waals surface area contributed by atoms with Gasteiger partial charge in [0.25, 0.3) is 5.91 Å². The van der Waals surface area contributed by atoms with Gasteiger partial charge in [0, 0.05) is 32.3 Å². The summed E-state index contributed by atoms with van der Waals surface area (Å²) >= 11 is 7.62. The van der Waals surface area contributed by atoms with Gasteiger partial charge in [-0.1, -0.05) is 35.9 Å². The Morgan fingerprint density at radius 2 is 1.69 bits per heavy atom. The largest absolute Gasteiger partial charge is 0.451 e. The first-order chi connectivity index (χ1) is 14.0. The fourth-order valence-electron chi connectivity index (χ4n) is 3.35. The van der Waals surface area contributed by atoms with Crippen molar-refractivity contribution < 1.29 is 9.21 Å². The fourth-order valence-corrected chi connectivity index (χ4v) is 4.40. The Morgan fingerprint density at radius 1 is 1.00 bits per heavy atom. The first-order valence-corrected chi connectivity index (χ1v) is 10.6. The number of nitrogens with one attached hydrogen (secondary N) is 1. The van der Waals surface area contributed by atoms with Crippen LogP contribution in [0.2, 0.25) is 5.02 Å². The number of carbonyl (C=O) groups excluding carboxylic acids is 1. The Hall–Kier alpha value is -2.69. The van der Waals surface area contributed by atoms with Crippen LogP contribution in [0.15, 0.2) is 76.0 Å². The number of benzene rings is 3. The molecule has 0 radical (unpaired) electrons. The number of fused-ring (bicyclic) bond motifs is 1. The lowest BCUT2D eigenvalue weighted by molar-refractivity contribution is 0.0998. The van der Waals surface area contributed by atoms with Crippen molar-refractivity contribution in [2.24, 2.45) is 0 Å². The first kappa shape index (κ1) is 19.6. The van der Waals surface area contributed by atoms with Gasteiger partial charge >= 0.3 is 0 Å². The highest BCUT2D eigenvalue weighted by Gasteiger charge is 2.21. The summed E-state index contributed by atoms with van der Waals surface area (Å²) in [6.45, 7) is 4.02. The molecule has 0 saturated heterocycles. The third-order valence-corrected chi connectivity index (χ3v) is 5.87. The van der Waals surface area contributed by atoms with Crippen LogP contribution >= 0.6 is 23.4 Å². The summed E-state index contributed by atoms with van der Waals surface area (Å²) in [6.07, 6.45) is 0. The van der Waals surface area contributed by atoms with Crippen LogP contribution in [0.25, 0.3) is 11.0 Å². The van der Waals surface area contributed by atoms with E-state index in [1.165, 1.54) is 0 Å². The molecule has 1 N–H and O–H groups in total. The molecule has 5 heteroatoms. The van der Waals surface area contributed by atoms with Gasteiger partial charge in [-0.25, -0.2) is 0 Å². The molecule has 4 rings (SSSR count). The molecule has 3 aromatic carbocycles. The number of aryl methyl sites for hydroxylation is 2. The summed E-state index contributed by atoms with van der Waals surface area (Å²) in [5.74, 6) is 0.735. The van der Waals surface area contributed by atoms with Gasteiger partial charge in [-0.05, 0) is 67.4 Å². The smallest absolute Gasteiger partial charge is 0.291 e.